The smallest absolute Gasteiger partial charge is 0.0958 e. The predicted octanol–water partition coefficient (Wildman–Crippen LogP) is 3.75. The summed E-state index contributed by atoms with van der Waals surface area (Å²) in [5.74, 6) is 0. The zero-order chi connectivity index (χ0) is 13.1. The van der Waals surface area contributed by atoms with Crippen LogP contribution in [0.5, 0.6) is 0 Å². The van der Waals surface area contributed by atoms with E-state index in [0.29, 0.717) is 0 Å². The molecule has 0 saturated carbocycles. The van der Waals surface area contributed by atoms with E-state index in [2.05, 4.69) is 67.8 Å². The van der Waals surface area contributed by atoms with Crippen LogP contribution in [-0.2, 0) is 6.54 Å². The summed E-state index contributed by atoms with van der Waals surface area (Å²) in [5, 5.41) is 3.42. The largest absolute Gasteiger partial charge is 0.383 e. The van der Waals surface area contributed by atoms with Gasteiger partial charge in [-0.1, -0.05) is 12.1 Å². The summed E-state index contributed by atoms with van der Waals surface area (Å²) < 4.78 is 3.43. The molecular formula is C15H14IN3. The molecule has 3 aromatic rings. The van der Waals surface area contributed by atoms with E-state index < -0.39 is 0 Å². The minimum atomic E-state index is 0.890. The summed E-state index contributed by atoms with van der Waals surface area (Å²) in [6.45, 7) is 1.80. The molecule has 0 aliphatic heterocycles. The molecule has 4 heteroatoms. The Morgan fingerprint density at radius 1 is 1.05 bits per heavy atom. The third-order valence-corrected chi connectivity index (χ3v) is 3.77. The van der Waals surface area contributed by atoms with Crippen LogP contribution in [0.3, 0.4) is 0 Å². The van der Waals surface area contributed by atoms with Crippen molar-refractivity contribution < 1.29 is 0 Å². The molecule has 1 aromatic heterocycles. The fourth-order valence-corrected chi connectivity index (χ4v) is 2.44. The van der Waals surface area contributed by atoms with E-state index in [4.69, 9.17) is 0 Å². The lowest BCUT2D eigenvalue weighted by molar-refractivity contribution is 0.749. The Hall–Kier alpha value is -1.56. The number of halogens is 1. The first-order valence-corrected chi connectivity index (χ1v) is 7.30. The molecule has 0 saturated heterocycles. The van der Waals surface area contributed by atoms with Gasteiger partial charge in [0.1, 0.15) is 0 Å². The highest BCUT2D eigenvalue weighted by molar-refractivity contribution is 14.1. The van der Waals surface area contributed by atoms with E-state index in [0.717, 1.165) is 24.3 Å². The molecule has 2 aromatic carbocycles. The lowest BCUT2D eigenvalue weighted by Crippen LogP contribution is -2.09. The second kappa shape index (κ2) is 5.61. The summed E-state index contributed by atoms with van der Waals surface area (Å²) in [6.07, 6.45) is 1.90. The number of hydrogen-bond donors (Lipinski definition) is 1. The molecule has 0 aliphatic carbocycles. The summed E-state index contributed by atoms with van der Waals surface area (Å²) in [4.78, 5) is 4.39. The van der Waals surface area contributed by atoms with Gasteiger partial charge in [-0.05, 0) is 59.0 Å². The highest BCUT2D eigenvalue weighted by Gasteiger charge is 2.00. The molecule has 1 N–H and O–H groups in total. The number of anilines is 1. The minimum Gasteiger partial charge on any atom is -0.383 e. The molecule has 0 aliphatic rings. The molecule has 3 nitrogen and oxygen atoms in total. The molecular weight excluding hydrogens is 349 g/mol. The van der Waals surface area contributed by atoms with Crippen LogP contribution < -0.4 is 5.32 Å². The van der Waals surface area contributed by atoms with Crippen LogP contribution >= 0.6 is 22.6 Å². The summed E-state index contributed by atoms with van der Waals surface area (Å²) >= 11 is 2.31. The first-order valence-electron chi connectivity index (χ1n) is 6.22. The van der Waals surface area contributed by atoms with Gasteiger partial charge in [-0.3, -0.25) is 0 Å². The van der Waals surface area contributed by atoms with Crippen LogP contribution in [0.4, 0.5) is 5.69 Å². The number of hydrogen-bond acceptors (Lipinski definition) is 2. The quantitative estimate of drug-likeness (QED) is 0.716. The van der Waals surface area contributed by atoms with Crippen molar-refractivity contribution in [1.82, 2.24) is 9.55 Å². The van der Waals surface area contributed by atoms with Crippen molar-refractivity contribution in [2.24, 2.45) is 0 Å². The summed E-state index contributed by atoms with van der Waals surface area (Å²) in [7, 11) is 0. The molecule has 0 fully saturated rings. The predicted molar refractivity (Wildman–Crippen MR) is 87.4 cm³/mol. The van der Waals surface area contributed by atoms with Crippen LogP contribution in [0.25, 0.3) is 11.0 Å². The average Bonchev–Trinajstić information content (AvgIpc) is 2.85. The monoisotopic (exact) mass is 363 g/mol. The van der Waals surface area contributed by atoms with Gasteiger partial charge in [0, 0.05) is 22.3 Å². The molecule has 3 rings (SSSR count). The second-order valence-electron chi connectivity index (χ2n) is 4.36. The van der Waals surface area contributed by atoms with Gasteiger partial charge < -0.3 is 9.88 Å². The number of aromatic nitrogens is 2. The van der Waals surface area contributed by atoms with E-state index in [9.17, 15) is 0 Å². The SMILES string of the molecule is Ic1ccc(NCCn2cnc3ccccc32)cc1. The van der Waals surface area contributed by atoms with Gasteiger partial charge >= 0.3 is 0 Å². The summed E-state index contributed by atoms with van der Waals surface area (Å²) in [6, 6.07) is 16.6. The van der Waals surface area contributed by atoms with Crippen molar-refractivity contribution in [3.8, 4) is 0 Å². The Bertz CT molecular complexity index is 673. The van der Waals surface area contributed by atoms with Gasteiger partial charge in [-0.15, -0.1) is 0 Å². The maximum atomic E-state index is 4.39. The number of imidazole rings is 1. The average molecular weight is 363 g/mol. The van der Waals surface area contributed by atoms with E-state index in [1.807, 2.05) is 24.5 Å². The van der Waals surface area contributed by atoms with Gasteiger partial charge in [0.25, 0.3) is 0 Å². The van der Waals surface area contributed by atoms with Crippen molar-refractivity contribution in [2.45, 2.75) is 6.54 Å². The number of nitrogens with one attached hydrogen (secondary N) is 1. The molecule has 0 amide bonds. The van der Waals surface area contributed by atoms with Crippen molar-refractivity contribution in [1.29, 1.82) is 0 Å². The van der Waals surface area contributed by atoms with Gasteiger partial charge in [0.05, 0.1) is 17.4 Å². The number of fused-ring (bicyclic) bond motifs is 1. The van der Waals surface area contributed by atoms with Crippen molar-refractivity contribution in [3.63, 3.8) is 0 Å². The minimum absolute atomic E-state index is 0.890. The molecule has 19 heavy (non-hydrogen) atoms. The number of benzene rings is 2. The fourth-order valence-electron chi connectivity index (χ4n) is 2.08. The zero-order valence-electron chi connectivity index (χ0n) is 10.4. The highest BCUT2D eigenvalue weighted by Crippen LogP contribution is 2.13. The van der Waals surface area contributed by atoms with E-state index >= 15 is 0 Å². The van der Waals surface area contributed by atoms with Crippen LogP contribution in [0.2, 0.25) is 0 Å². The van der Waals surface area contributed by atoms with Crippen LogP contribution in [0, 0.1) is 3.57 Å². The second-order valence-corrected chi connectivity index (χ2v) is 5.61. The van der Waals surface area contributed by atoms with Crippen LogP contribution in [0.1, 0.15) is 0 Å². The third-order valence-electron chi connectivity index (χ3n) is 3.05. The van der Waals surface area contributed by atoms with Crippen LogP contribution in [0.15, 0.2) is 54.9 Å². The van der Waals surface area contributed by atoms with E-state index in [1.165, 1.54) is 9.09 Å². The Balaban J connectivity index is 1.65. The maximum absolute atomic E-state index is 4.39. The first-order chi connectivity index (χ1) is 9.33. The standard InChI is InChI=1S/C15H14IN3/c16-12-5-7-13(8-6-12)17-9-10-19-11-18-14-3-1-2-4-15(14)19/h1-8,11,17H,9-10H2. The van der Waals surface area contributed by atoms with Crippen molar-refractivity contribution in [3.05, 3.63) is 58.4 Å². The maximum Gasteiger partial charge on any atom is 0.0958 e. The Morgan fingerprint density at radius 2 is 1.84 bits per heavy atom. The molecule has 96 valence electrons. The third kappa shape index (κ3) is 2.89. The van der Waals surface area contributed by atoms with Gasteiger partial charge in [-0.25, -0.2) is 4.98 Å². The Morgan fingerprint density at radius 3 is 2.68 bits per heavy atom. The van der Waals surface area contributed by atoms with Gasteiger partial charge in [-0.2, -0.15) is 0 Å². The van der Waals surface area contributed by atoms with Crippen LogP contribution in [-0.4, -0.2) is 16.1 Å². The first kappa shape index (κ1) is 12.5. The molecule has 0 atom stereocenters. The van der Waals surface area contributed by atoms with Gasteiger partial charge in [0.15, 0.2) is 0 Å². The number of rotatable bonds is 4. The van der Waals surface area contributed by atoms with Gasteiger partial charge in [0.2, 0.25) is 0 Å². The lowest BCUT2D eigenvalue weighted by atomic mass is 10.3. The topological polar surface area (TPSA) is 29.9 Å². The molecule has 0 bridgehead atoms. The molecule has 0 radical (unpaired) electrons. The van der Waals surface area contributed by atoms with Crippen molar-refractivity contribution in [2.75, 3.05) is 11.9 Å². The normalized spacial score (nSPS) is 10.8. The van der Waals surface area contributed by atoms with E-state index in [1.54, 1.807) is 0 Å². The molecule has 0 spiro atoms. The lowest BCUT2D eigenvalue weighted by Gasteiger charge is -2.08. The fraction of sp³-hybridized carbons (Fsp3) is 0.133. The number of para-hydroxylation sites is 2. The van der Waals surface area contributed by atoms with Crippen molar-refractivity contribution >= 4 is 39.3 Å². The Kier molecular flexibility index (Phi) is 3.68. The summed E-state index contributed by atoms with van der Waals surface area (Å²) in [5.41, 5.74) is 3.40. The van der Waals surface area contributed by atoms with E-state index in [-0.39, 0.29) is 0 Å². The molecule has 0 unspecified atom stereocenters. The number of nitrogens with zero attached hydrogens (tertiary/aromatic N) is 2. The molecule has 1 heterocycles. The Labute approximate surface area is 125 Å². The highest BCUT2D eigenvalue weighted by atomic mass is 127. The zero-order valence-corrected chi connectivity index (χ0v) is 12.5.